The second-order valence-electron chi connectivity index (χ2n) is 15.5. The first-order valence-electron chi connectivity index (χ1n) is 17.6. The number of carbonyl (C=O) groups excluding carboxylic acids is 1. The number of primary amides is 1. The van der Waals surface area contributed by atoms with E-state index < -0.39 is 27.9 Å². The van der Waals surface area contributed by atoms with E-state index in [0.29, 0.717) is 45.1 Å². The summed E-state index contributed by atoms with van der Waals surface area (Å²) in [4.78, 5) is 20.4. The molecule has 4 aromatic heterocycles. The Morgan fingerprint density at radius 1 is 0.787 bits per heavy atom. The fourth-order valence-corrected chi connectivity index (χ4v) is 6.22. The van der Waals surface area contributed by atoms with Gasteiger partial charge in [-0.1, -0.05) is 87.9 Å². The second kappa shape index (κ2) is 19.4. The van der Waals surface area contributed by atoms with Crippen LogP contribution in [0.4, 0.5) is 20.4 Å². The second-order valence-corrected chi connectivity index (χ2v) is 17.9. The number of nitrogens with zero attached hydrogens (tertiary/aromatic N) is 7. The van der Waals surface area contributed by atoms with E-state index in [9.17, 15) is 18.8 Å². The van der Waals surface area contributed by atoms with Crippen molar-refractivity contribution in [3.63, 3.8) is 0 Å². The number of amides is 1. The Balaban J connectivity index is 0.000000289. The molecule has 1 amide bonds. The minimum absolute atomic E-state index is 0. The number of halogens is 6. The van der Waals surface area contributed by atoms with E-state index in [0.717, 1.165) is 0 Å². The summed E-state index contributed by atoms with van der Waals surface area (Å²) in [6, 6.07) is 10.2. The minimum atomic E-state index is -4.67. The highest BCUT2D eigenvalue weighted by Gasteiger charge is 2.28. The maximum Gasteiger partial charge on any atom is 0.394 e. The Kier molecular flexibility index (Phi) is 16.1. The van der Waals surface area contributed by atoms with Crippen LogP contribution in [-0.2, 0) is 10.4 Å². The highest BCUT2D eigenvalue weighted by Crippen LogP contribution is 2.42. The molecule has 0 aliphatic rings. The van der Waals surface area contributed by atoms with Crippen molar-refractivity contribution in [2.75, 3.05) is 10.6 Å². The number of hydrogen-bond acceptors (Lipinski definition) is 10. The van der Waals surface area contributed by atoms with E-state index in [1.807, 2.05) is 13.8 Å². The Morgan fingerprint density at radius 3 is 1.52 bits per heavy atom. The highest BCUT2D eigenvalue weighted by molar-refractivity contribution is 7.79. The molecule has 0 saturated heterocycles. The molecule has 0 aliphatic carbocycles. The van der Waals surface area contributed by atoms with Gasteiger partial charge in [-0.2, -0.15) is 32.9 Å². The molecule has 0 aliphatic heterocycles. The van der Waals surface area contributed by atoms with Gasteiger partial charge < -0.3 is 21.8 Å². The first-order valence-corrected chi connectivity index (χ1v) is 20.5. The number of rotatable bonds is 7. The van der Waals surface area contributed by atoms with Crippen molar-refractivity contribution in [3.8, 4) is 28.3 Å². The Labute approximate surface area is 369 Å². The van der Waals surface area contributed by atoms with E-state index in [1.165, 1.54) is 51.8 Å². The van der Waals surface area contributed by atoms with Crippen LogP contribution < -0.4 is 16.4 Å². The van der Waals surface area contributed by atoms with Crippen LogP contribution in [0.2, 0.25) is 20.4 Å². The molecule has 2 aromatic carbocycles. The third kappa shape index (κ3) is 12.1. The van der Waals surface area contributed by atoms with Gasteiger partial charge in [-0.25, -0.2) is 18.7 Å². The number of benzene rings is 2. The Hall–Kier alpha value is -4.91. The molecular formula is C38H42Cl4F2N10O6S. The van der Waals surface area contributed by atoms with E-state index >= 15 is 0 Å². The zero-order valence-electron chi connectivity index (χ0n) is 33.8. The number of fused-ring (bicyclic) bond motifs is 2. The maximum absolute atomic E-state index is 13.6. The molecule has 16 nitrogen and oxygen atoms in total. The minimum Gasteiger partial charge on any atom is -0.412 e. The molecule has 6 rings (SSSR count). The quantitative estimate of drug-likeness (QED) is 0.0743. The van der Waals surface area contributed by atoms with E-state index in [4.69, 9.17) is 69.7 Å². The number of anilines is 2. The van der Waals surface area contributed by atoms with Crippen molar-refractivity contribution < 1.29 is 36.6 Å². The summed E-state index contributed by atoms with van der Waals surface area (Å²) in [6.45, 7) is 16.6. The lowest BCUT2D eigenvalue weighted by atomic mass is 9.88. The summed E-state index contributed by atoms with van der Waals surface area (Å²) >= 11 is 25.5. The molecule has 2 unspecified atom stereocenters. The largest absolute Gasteiger partial charge is 0.412 e. The van der Waals surface area contributed by atoms with Gasteiger partial charge in [0.05, 0.1) is 33.6 Å². The van der Waals surface area contributed by atoms with Crippen LogP contribution >= 0.6 is 46.4 Å². The lowest BCUT2D eigenvalue weighted by molar-refractivity contribution is 0.100. The molecule has 2 atom stereocenters. The molecule has 8 N–H and O–H groups in total. The van der Waals surface area contributed by atoms with Gasteiger partial charge in [0, 0.05) is 23.2 Å². The van der Waals surface area contributed by atoms with Gasteiger partial charge >= 0.3 is 10.4 Å². The molecule has 0 spiro atoms. The fourth-order valence-electron chi connectivity index (χ4n) is 5.16. The summed E-state index contributed by atoms with van der Waals surface area (Å²) < 4.78 is 61.7. The van der Waals surface area contributed by atoms with Crippen LogP contribution in [0.25, 0.3) is 33.5 Å². The molecule has 61 heavy (non-hydrogen) atoms. The van der Waals surface area contributed by atoms with Crippen molar-refractivity contribution >= 4 is 85.6 Å². The van der Waals surface area contributed by atoms with Gasteiger partial charge in [0.1, 0.15) is 50.8 Å². The first-order chi connectivity index (χ1) is 27.6. The van der Waals surface area contributed by atoms with Gasteiger partial charge in [-0.3, -0.25) is 13.9 Å². The summed E-state index contributed by atoms with van der Waals surface area (Å²) in [7, 11) is -4.67. The zero-order chi connectivity index (χ0) is 45.2. The summed E-state index contributed by atoms with van der Waals surface area (Å²) in [5, 5.41) is 25.3. The van der Waals surface area contributed by atoms with Crippen molar-refractivity contribution in [2.45, 2.75) is 67.5 Å². The number of hydrogen-bond donors (Lipinski definition) is 5. The number of nitriles is 1. The summed E-state index contributed by atoms with van der Waals surface area (Å²) in [5.74, 6) is -0.550. The van der Waals surface area contributed by atoms with Crippen LogP contribution in [0.1, 0.15) is 71.3 Å². The molecular weight excluding hydrogens is 904 g/mol. The third-order valence-corrected chi connectivity index (χ3v) is 10.5. The van der Waals surface area contributed by atoms with Crippen LogP contribution in [0.15, 0.2) is 48.8 Å². The van der Waals surface area contributed by atoms with E-state index in [1.54, 1.807) is 6.07 Å². The molecule has 328 valence electrons. The predicted octanol–water partition coefficient (Wildman–Crippen LogP) is 8.87. The average molecular weight is 947 g/mol. The number of aromatic nitrogens is 6. The van der Waals surface area contributed by atoms with Crippen LogP contribution in [0, 0.1) is 33.8 Å². The van der Waals surface area contributed by atoms with Gasteiger partial charge in [0.2, 0.25) is 0 Å². The highest BCUT2D eigenvalue weighted by atomic mass is 35.5. The molecule has 0 saturated carbocycles. The molecule has 23 heteroatoms. The summed E-state index contributed by atoms with van der Waals surface area (Å²) in [6.07, 6.45) is 2.77. The lowest BCUT2D eigenvalue weighted by Gasteiger charge is -2.30. The molecule has 0 fully saturated rings. The van der Waals surface area contributed by atoms with Gasteiger partial charge in [0.25, 0.3) is 5.91 Å². The fraction of sp³-hybridized carbons (Fsp3) is 0.316. The van der Waals surface area contributed by atoms with E-state index in [-0.39, 0.29) is 60.0 Å². The zero-order valence-corrected chi connectivity index (χ0v) is 37.6. The van der Waals surface area contributed by atoms with Crippen molar-refractivity contribution in [3.05, 3.63) is 91.9 Å². The Morgan fingerprint density at radius 2 is 1.16 bits per heavy atom. The van der Waals surface area contributed by atoms with Crippen molar-refractivity contribution in [2.24, 2.45) is 16.6 Å². The van der Waals surface area contributed by atoms with Gasteiger partial charge in [0.15, 0.2) is 11.3 Å². The van der Waals surface area contributed by atoms with Crippen molar-refractivity contribution in [1.82, 2.24) is 29.2 Å². The summed E-state index contributed by atoms with van der Waals surface area (Å²) in [5.41, 5.74) is 8.23. The molecule has 6 aromatic rings. The smallest absolute Gasteiger partial charge is 0.394 e. The van der Waals surface area contributed by atoms with E-state index in [2.05, 4.69) is 78.4 Å². The van der Waals surface area contributed by atoms with Crippen molar-refractivity contribution in [1.29, 1.82) is 5.26 Å². The van der Waals surface area contributed by atoms with Gasteiger partial charge in [-0.05, 0) is 61.1 Å². The SMILES string of the molecule is CC(Nc1c(-c2ccc(F)cc2Cl)c(Cl)nc2c(C#N)cnn12)C(C)(C)C.CC(Nc1c(-c2ccc(F)cc2Cl)c(Cl)nc2c(C(N)=O)cnn12)C(C)(C)C.O.O=S(=O)(O)O. The molecule has 4 heterocycles. The lowest BCUT2D eigenvalue weighted by Crippen LogP contribution is -2.32. The van der Waals surface area contributed by atoms with Crippen LogP contribution in [0.5, 0.6) is 0 Å². The predicted molar refractivity (Wildman–Crippen MR) is 233 cm³/mol. The van der Waals surface area contributed by atoms with Gasteiger partial charge in [-0.15, -0.1) is 0 Å². The Bertz CT molecular complexity index is 2740. The van der Waals surface area contributed by atoms with Crippen LogP contribution in [0.3, 0.4) is 0 Å². The number of nitrogens with two attached hydrogens (primary N) is 1. The third-order valence-electron chi connectivity index (χ3n) is 9.30. The monoisotopic (exact) mass is 944 g/mol. The maximum atomic E-state index is 13.6. The molecule has 0 bridgehead atoms. The topological polar surface area (TPSA) is 257 Å². The van der Waals surface area contributed by atoms with Crippen LogP contribution in [-0.4, -0.2) is 70.2 Å². The standard InChI is InChI=1S/C19H20Cl2FN5O.C19H18Cl2FN5.H2O4S.H2O/c1-9(19(2,3)4)25-18-14(11-6-5-10(22)7-13(11)20)15(21)26-17-12(16(23)28)8-24-27(17)18;1-10(19(2,3)4)25-18-15(13-6-5-12(22)7-14(13)20)16(21)26-17-11(8-23)9-24-27(17)18;1-5(2,3)4;/h5-9,25H,1-4H3,(H2,23,28);5-7,9-10,25H,1-4H3;(H2,1,2,3,4);1H2. The first kappa shape index (κ1) is 50.4. The normalized spacial score (nSPS) is 12.6. The molecule has 0 radical (unpaired) electrons. The number of carbonyl (C=O) groups is 1. The average Bonchev–Trinajstić information content (AvgIpc) is 3.72. The number of nitrogens with one attached hydrogen (secondary N) is 2.